The van der Waals surface area contributed by atoms with Crippen LogP contribution in [-0.4, -0.2) is 50.5 Å². The van der Waals surface area contributed by atoms with Crippen molar-refractivity contribution in [3.63, 3.8) is 0 Å². The van der Waals surface area contributed by atoms with Crippen LogP contribution in [0, 0.1) is 6.92 Å². The fraction of sp³-hybridized carbons (Fsp3) is 0.391. The Morgan fingerprint density at radius 2 is 1.61 bits per heavy atom. The third-order valence-electron chi connectivity index (χ3n) is 4.93. The van der Waals surface area contributed by atoms with E-state index in [1.165, 1.54) is 4.90 Å². The number of benzene rings is 2. The van der Waals surface area contributed by atoms with Gasteiger partial charge in [-0.1, -0.05) is 55.0 Å². The number of carbonyl (C=O) groups excluding carboxylic acids is 2. The van der Waals surface area contributed by atoms with Gasteiger partial charge in [-0.2, -0.15) is 0 Å². The smallest absolute Gasteiger partial charge is 0.244 e. The Kier molecular flexibility index (Phi) is 8.62. The lowest BCUT2D eigenvalue weighted by molar-refractivity contribution is -0.140. The molecular formula is C23H31N3O4S. The summed E-state index contributed by atoms with van der Waals surface area (Å²) in [6.07, 6.45) is 1.48. The van der Waals surface area contributed by atoms with Crippen LogP contribution in [0.2, 0.25) is 0 Å². The van der Waals surface area contributed by atoms with E-state index in [0.29, 0.717) is 18.7 Å². The van der Waals surface area contributed by atoms with Crippen molar-refractivity contribution in [2.45, 2.75) is 39.8 Å². The van der Waals surface area contributed by atoms with E-state index >= 15 is 0 Å². The summed E-state index contributed by atoms with van der Waals surface area (Å²) < 4.78 is 26.1. The largest absolute Gasteiger partial charge is 0.355 e. The van der Waals surface area contributed by atoms with Gasteiger partial charge in [-0.05, 0) is 38.0 Å². The van der Waals surface area contributed by atoms with Crippen LogP contribution in [0.5, 0.6) is 0 Å². The van der Waals surface area contributed by atoms with Gasteiger partial charge in [0.1, 0.15) is 12.6 Å². The van der Waals surface area contributed by atoms with Crippen molar-refractivity contribution in [1.82, 2.24) is 10.2 Å². The molecule has 0 aromatic heterocycles. The minimum absolute atomic E-state index is 0.209. The van der Waals surface area contributed by atoms with Crippen LogP contribution < -0.4 is 9.62 Å². The van der Waals surface area contributed by atoms with Crippen LogP contribution in [0.1, 0.15) is 31.4 Å². The Balaban J connectivity index is 2.39. The molecule has 2 amide bonds. The quantitative estimate of drug-likeness (QED) is 0.609. The first-order valence-corrected chi connectivity index (χ1v) is 12.2. The average Bonchev–Trinajstić information content (AvgIpc) is 2.72. The second-order valence-electron chi connectivity index (χ2n) is 7.43. The Labute approximate surface area is 185 Å². The predicted molar refractivity (Wildman–Crippen MR) is 123 cm³/mol. The van der Waals surface area contributed by atoms with Crippen molar-refractivity contribution < 1.29 is 18.0 Å². The van der Waals surface area contributed by atoms with Crippen LogP contribution in [0.4, 0.5) is 5.69 Å². The first kappa shape index (κ1) is 24.4. The van der Waals surface area contributed by atoms with E-state index in [4.69, 9.17) is 0 Å². The van der Waals surface area contributed by atoms with Gasteiger partial charge >= 0.3 is 0 Å². The molecule has 1 atom stereocenters. The molecule has 8 heteroatoms. The predicted octanol–water partition coefficient (Wildman–Crippen LogP) is 2.70. The molecule has 0 heterocycles. The van der Waals surface area contributed by atoms with Gasteiger partial charge in [-0.3, -0.25) is 13.9 Å². The van der Waals surface area contributed by atoms with Crippen LogP contribution in [0.25, 0.3) is 0 Å². The number of hydrogen-bond donors (Lipinski definition) is 1. The molecule has 0 aliphatic rings. The van der Waals surface area contributed by atoms with Gasteiger partial charge in [-0.15, -0.1) is 0 Å². The summed E-state index contributed by atoms with van der Waals surface area (Å²) in [6, 6.07) is 15.6. The maximum absolute atomic E-state index is 13.4. The summed E-state index contributed by atoms with van der Waals surface area (Å²) in [5.41, 5.74) is 2.25. The number of likely N-dealkylation sites (N-methyl/N-ethyl adjacent to an activating group) is 1. The van der Waals surface area contributed by atoms with Crippen molar-refractivity contribution in [2.24, 2.45) is 0 Å². The highest BCUT2D eigenvalue weighted by molar-refractivity contribution is 7.92. The number of nitrogens with one attached hydrogen (secondary N) is 1. The maximum Gasteiger partial charge on any atom is 0.244 e. The van der Waals surface area contributed by atoms with Gasteiger partial charge in [0.25, 0.3) is 0 Å². The highest BCUT2D eigenvalue weighted by Crippen LogP contribution is 2.20. The van der Waals surface area contributed by atoms with E-state index in [0.717, 1.165) is 21.7 Å². The van der Waals surface area contributed by atoms with Crippen LogP contribution in [0.3, 0.4) is 0 Å². The molecule has 7 nitrogen and oxygen atoms in total. The van der Waals surface area contributed by atoms with Crippen molar-refractivity contribution in [1.29, 1.82) is 0 Å². The molecule has 1 unspecified atom stereocenters. The fourth-order valence-corrected chi connectivity index (χ4v) is 4.17. The van der Waals surface area contributed by atoms with E-state index in [2.05, 4.69) is 5.32 Å². The number of anilines is 1. The molecule has 0 spiro atoms. The molecule has 1 N–H and O–H groups in total. The minimum Gasteiger partial charge on any atom is -0.355 e. The normalized spacial score (nSPS) is 12.1. The second-order valence-corrected chi connectivity index (χ2v) is 9.34. The second kappa shape index (κ2) is 10.9. The summed E-state index contributed by atoms with van der Waals surface area (Å²) in [6.45, 7) is 5.82. The van der Waals surface area contributed by atoms with Crippen LogP contribution in [0.15, 0.2) is 54.6 Å². The molecule has 0 aliphatic carbocycles. The monoisotopic (exact) mass is 445 g/mol. The zero-order chi connectivity index (χ0) is 23.0. The van der Waals surface area contributed by atoms with Crippen molar-refractivity contribution in [3.8, 4) is 0 Å². The van der Waals surface area contributed by atoms with Gasteiger partial charge in [0.15, 0.2) is 0 Å². The molecule has 0 saturated carbocycles. The molecule has 0 fully saturated rings. The topological polar surface area (TPSA) is 86.8 Å². The number of sulfonamides is 1. The molecule has 0 bridgehead atoms. The zero-order valence-corrected chi connectivity index (χ0v) is 19.4. The average molecular weight is 446 g/mol. The first-order valence-electron chi connectivity index (χ1n) is 10.3. The number of rotatable bonds is 10. The number of aryl methyl sites for hydroxylation is 1. The van der Waals surface area contributed by atoms with E-state index in [1.54, 1.807) is 24.3 Å². The molecule has 0 radical (unpaired) electrons. The van der Waals surface area contributed by atoms with Gasteiger partial charge in [0.05, 0.1) is 11.9 Å². The van der Waals surface area contributed by atoms with Gasteiger partial charge in [0.2, 0.25) is 21.8 Å². The van der Waals surface area contributed by atoms with Gasteiger partial charge in [0, 0.05) is 13.1 Å². The molecule has 31 heavy (non-hydrogen) atoms. The Morgan fingerprint density at radius 1 is 1.00 bits per heavy atom. The third-order valence-corrected chi connectivity index (χ3v) is 6.07. The third kappa shape index (κ3) is 6.82. The first-order chi connectivity index (χ1) is 14.7. The van der Waals surface area contributed by atoms with Crippen molar-refractivity contribution in [2.75, 3.05) is 23.7 Å². The summed E-state index contributed by atoms with van der Waals surface area (Å²) in [4.78, 5) is 27.5. The number of hydrogen-bond acceptors (Lipinski definition) is 4. The summed E-state index contributed by atoms with van der Waals surface area (Å²) in [5.74, 6) is -0.691. The summed E-state index contributed by atoms with van der Waals surface area (Å²) in [5, 5.41) is 2.77. The summed E-state index contributed by atoms with van der Waals surface area (Å²) in [7, 11) is -3.71. The maximum atomic E-state index is 13.4. The Bertz CT molecular complexity index is 976. The lowest BCUT2D eigenvalue weighted by atomic mass is 10.1. The zero-order valence-electron chi connectivity index (χ0n) is 18.5. The molecule has 2 aromatic carbocycles. The van der Waals surface area contributed by atoms with Gasteiger partial charge < -0.3 is 10.2 Å². The number of nitrogens with zero attached hydrogens (tertiary/aromatic N) is 2. The lowest BCUT2D eigenvalue weighted by Gasteiger charge is -2.32. The molecule has 0 aliphatic heterocycles. The molecule has 0 saturated heterocycles. The van der Waals surface area contributed by atoms with E-state index in [1.807, 2.05) is 51.1 Å². The SMILES string of the molecule is CCNC(=O)C(CC)N(Cc1ccccc1)C(=O)CN(c1ccc(C)cc1)S(C)(=O)=O. The van der Waals surface area contributed by atoms with Crippen molar-refractivity contribution >= 4 is 27.5 Å². The molecule has 168 valence electrons. The van der Waals surface area contributed by atoms with Gasteiger partial charge in [-0.25, -0.2) is 8.42 Å². The summed E-state index contributed by atoms with van der Waals surface area (Å²) >= 11 is 0. The van der Waals surface area contributed by atoms with E-state index in [-0.39, 0.29) is 19.0 Å². The van der Waals surface area contributed by atoms with Crippen LogP contribution in [-0.2, 0) is 26.2 Å². The fourth-order valence-electron chi connectivity index (χ4n) is 3.32. The Morgan fingerprint density at radius 3 is 2.13 bits per heavy atom. The molecular weight excluding hydrogens is 414 g/mol. The van der Waals surface area contributed by atoms with Crippen molar-refractivity contribution in [3.05, 3.63) is 65.7 Å². The number of carbonyl (C=O) groups is 2. The van der Waals surface area contributed by atoms with E-state index in [9.17, 15) is 18.0 Å². The lowest BCUT2D eigenvalue weighted by Crippen LogP contribution is -2.52. The highest BCUT2D eigenvalue weighted by Gasteiger charge is 2.31. The minimum atomic E-state index is -3.71. The van der Waals surface area contributed by atoms with E-state index < -0.39 is 22.0 Å². The Hall–Kier alpha value is -2.87. The standard InChI is InChI=1S/C23H31N3O4S/c1-5-21(23(28)24-6-2)25(16-19-10-8-7-9-11-19)22(27)17-26(31(4,29)30)20-14-12-18(3)13-15-20/h7-15,21H,5-6,16-17H2,1-4H3,(H,24,28). The molecule has 2 rings (SSSR count). The van der Waals surface area contributed by atoms with Crippen LogP contribution >= 0.6 is 0 Å². The highest BCUT2D eigenvalue weighted by atomic mass is 32.2. The molecule has 2 aromatic rings. The number of amides is 2.